The number of fused-ring (bicyclic) bond motifs is 7. The maximum Gasteiger partial charge on any atom is 0.306 e. The van der Waals surface area contributed by atoms with Gasteiger partial charge in [0.1, 0.15) is 0 Å². The lowest BCUT2D eigenvalue weighted by molar-refractivity contribution is -0.163. The van der Waals surface area contributed by atoms with Crippen molar-refractivity contribution in [1.29, 1.82) is 0 Å². The molecule has 4 fully saturated rings. The highest BCUT2D eigenvalue weighted by molar-refractivity contribution is 5.95. The molecule has 1 aromatic rings. The minimum absolute atomic E-state index is 0.0117. The Balaban J connectivity index is 1.36. The topological polar surface area (TPSA) is 72.2 Å². The lowest BCUT2D eigenvalue weighted by atomic mass is 9.38. The summed E-state index contributed by atoms with van der Waals surface area (Å²) in [6, 6.07) is 2.44. The zero-order chi connectivity index (χ0) is 24.8. The largest absolute Gasteiger partial charge is 0.481 e. The fraction of sp³-hybridized carbons (Fsp3) is 0.767. The van der Waals surface area contributed by atoms with Gasteiger partial charge < -0.3 is 5.11 Å². The second kappa shape index (κ2) is 7.79. The number of ketones is 1. The van der Waals surface area contributed by atoms with Gasteiger partial charge in [-0.1, -0.05) is 33.3 Å². The molecule has 4 saturated carbocycles. The molecular weight excluding hydrogens is 436 g/mol. The van der Waals surface area contributed by atoms with Crippen LogP contribution in [0.1, 0.15) is 91.5 Å². The monoisotopic (exact) mass is 478 g/mol. The molecule has 10 atom stereocenters. The van der Waals surface area contributed by atoms with Crippen LogP contribution in [0.2, 0.25) is 0 Å². The van der Waals surface area contributed by atoms with E-state index in [9.17, 15) is 14.7 Å². The number of allylic oxidation sites excluding steroid dienone is 2. The Labute approximate surface area is 209 Å². The summed E-state index contributed by atoms with van der Waals surface area (Å²) in [5.74, 6) is 1.20. The predicted molar refractivity (Wildman–Crippen MR) is 134 cm³/mol. The lowest BCUT2D eigenvalue weighted by Crippen LogP contribution is -2.61. The van der Waals surface area contributed by atoms with Gasteiger partial charge in [-0.15, -0.1) is 0 Å². The Bertz CT molecular complexity index is 1060. The molecule has 0 spiro atoms. The van der Waals surface area contributed by atoms with Crippen molar-refractivity contribution in [2.75, 3.05) is 0 Å². The Morgan fingerprint density at radius 3 is 2.49 bits per heavy atom. The maximum absolute atomic E-state index is 14.1. The smallest absolute Gasteiger partial charge is 0.306 e. The van der Waals surface area contributed by atoms with E-state index in [2.05, 4.69) is 49.7 Å². The summed E-state index contributed by atoms with van der Waals surface area (Å²) in [7, 11) is 0. The van der Waals surface area contributed by atoms with Gasteiger partial charge in [0, 0.05) is 18.3 Å². The minimum atomic E-state index is -0.656. The van der Waals surface area contributed by atoms with Gasteiger partial charge in [-0.25, -0.2) is 0 Å². The van der Waals surface area contributed by atoms with Crippen LogP contribution in [0.15, 0.2) is 30.1 Å². The Kier molecular flexibility index (Phi) is 5.23. The Hall–Kier alpha value is -1.91. The van der Waals surface area contributed by atoms with Crippen LogP contribution in [0.4, 0.5) is 0 Å². The summed E-state index contributed by atoms with van der Waals surface area (Å²) in [4.78, 5) is 26.0. The van der Waals surface area contributed by atoms with E-state index in [-0.39, 0.29) is 34.0 Å². The van der Waals surface area contributed by atoms with E-state index in [4.69, 9.17) is 0 Å². The second-order valence-electron chi connectivity index (χ2n) is 13.7. The zero-order valence-corrected chi connectivity index (χ0v) is 21.9. The fourth-order valence-electron chi connectivity index (χ4n) is 10.4. The van der Waals surface area contributed by atoms with E-state index < -0.39 is 5.97 Å². The van der Waals surface area contributed by atoms with Crippen LogP contribution in [0.5, 0.6) is 0 Å². The van der Waals surface area contributed by atoms with Crippen LogP contribution < -0.4 is 0 Å². The summed E-state index contributed by atoms with van der Waals surface area (Å²) in [5, 5.41) is 14.4. The number of aliphatic carboxylic acids is 1. The molecule has 0 aromatic carbocycles. The van der Waals surface area contributed by atoms with Crippen LogP contribution in [0.25, 0.3) is 0 Å². The Morgan fingerprint density at radius 1 is 1.03 bits per heavy atom. The molecule has 5 heteroatoms. The molecule has 1 heterocycles. The van der Waals surface area contributed by atoms with Gasteiger partial charge in [-0.05, 0) is 110 Å². The first-order valence-corrected chi connectivity index (χ1v) is 14.1. The van der Waals surface area contributed by atoms with Crippen molar-refractivity contribution in [1.82, 2.24) is 9.78 Å². The van der Waals surface area contributed by atoms with E-state index in [0.717, 1.165) is 38.5 Å². The highest BCUT2D eigenvalue weighted by atomic mass is 16.4. The van der Waals surface area contributed by atoms with Crippen molar-refractivity contribution < 1.29 is 14.7 Å². The predicted octanol–water partition coefficient (Wildman–Crippen LogP) is 6.32. The molecule has 5 aliphatic rings. The summed E-state index contributed by atoms with van der Waals surface area (Å²) in [6.07, 6.45) is 15.3. The SMILES string of the molecule is CC1C(n2cccn2)CCC2(C)C1CCC1(C)C3CCC4(C)CCC(C(=O)O)CC4C3=CC(=O)C12. The molecule has 5 aliphatic carbocycles. The highest BCUT2D eigenvalue weighted by Gasteiger charge is 2.65. The van der Waals surface area contributed by atoms with E-state index in [1.807, 2.05) is 12.3 Å². The first kappa shape index (κ1) is 23.5. The summed E-state index contributed by atoms with van der Waals surface area (Å²) in [5.41, 5.74) is 1.48. The van der Waals surface area contributed by atoms with Crippen LogP contribution in [0, 0.1) is 51.8 Å². The van der Waals surface area contributed by atoms with Gasteiger partial charge in [0.15, 0.2) is 5.78 Å². The van der Waals surface area contributed by atoms with E-state index in [0.29, 0.717) is 36.0 Å². The number of aromatic nitrogens is 2. The van der Waals surface area contributed by atoms with Crippen molar-refractivity contribution in [3.63, 3.8) is 0 Å². The first-order valence-electron chi connectivity index (χ1n) is 14.1. The first-order chi connectivity index (χ1) is 16.6. The fourth-order valence-corrected chi connectivity index (χ4v) is 10.4. The van der Waals surface area contributed by atoms with Crippen molar-refractivity contribution in [3.05, 3.63) is 30.1 Å². The van der Waals surface area contributed by atoms with E-state index in [1.54, 1.807) is 0 Å². The number of hydrogen-bond acceptors (Lipinski definition) is 3. The van der Waals surface area contributed by atoms with Gasteiger partial charge in [-0.2, -0.15) is 5.10 Å². The van der Waals surface area contributed by atoms with Crippen molar-refractivity contribution in [3.8, 4) is 0 Å². The lowest BCUT2D eigenvalue weighted by Gasteiger charge is -2.65. The third-order valence-electron chi connectivity index (χ3n) is 12.2. The van der Waals surface area contributed by atoms with Crippen molar-refractivity contribution in [2.24, 2.45) is 51.8 Å². The third kappa shape index (κ3) is 3.21. The number of carbonyl (C=O) groups is 2. The molecule has 35 heavy (non-hydrogen) atoms. The molecule has 6 rings (SSSR count). The molecule has 0 bridgehead atoms. The molecule has 0 amide bonds. The van der Waals surface area contributed by atoms with Gasteiger partial charge in [0.2, 0.25) is 0 Å². The standard InChI is InChI=1S/C30H42N2O3/c1-18-21-8-12-30(4)22-7-11-28(2)10-6-19(27(34)35)16-23(28)20(22)17-25(33)26(30)29(21,3)13-9-24(18)32-15-5-14-31-32/h5,14-15,17-19,21-24,26H,6-13,16H2,1-4H3,(H,34,35). The molecule has 0 aliphatic heterocycles. The van der Waals surface area contributed by atoms with Gasteiger partial charge in [-0.3, -0.25) is 14.3 Å². The normalized spacial score (nSPS) is 49.2. The average Bonchev–Trinajstić information content (AvgIpc) is 3.32. The van der Waals surface area contributed by atoms with E-state index >= 15 is 0 Å². The Morgan fingerprint density at radius 2 is 1.77 bits per heavy atom. The van der Waals surface area contributed by atoms with Crippen molar-refractivity contribution in [2.45, 2.75) is 91.5 Å². The quantitative estimate of drug-likeness (QED) is 0.540. The number of carboxylic acid groups (broad SMARTS) is 1. The number of hydrogen-bond donors (Lipinski definition) is 1. The summed E-state index contributed by atoms with van der Waals surface area (Å²) < 4.78 is 2.16. The minimum Gasteiger partial charge on any atom is -0.481 e. The van der Waals surface area contributed by atoms with Gasteiger partial charge >= 0.3 is 5.97 Å². The van der Waals surface area contributed by atoms with Gasteiger partial charge in [0.25, 0.3) is 0 Å². The van der Waals surface area contributed by atoms with Gasteiger partial charge in [0.05, 0.1) is 12.0 Å². The second-order valence-corrected chi connectivity index (χ2v) is 13.7. The third-order valence-corrected chi connectivity index (χ3v) is 12.2. The van der Waals surface area contributed by atoms with Crippen LogP contribution >= 0.6 is 0 Å². The van der Waals surface area contributed by atoms with Crippen LogP contribution in [-0.2, 0) is 9.59 Å². The summed E-state index contributed by atoms with van der Waals surface area (Å²) >= 11 is 0. The number of rotatable bonds is 2. The molecule has 10 unspecified atom stereocenters. The number of nitrogens with zero attached hydrogens (tertiary/aromatic N) is 2. The molecule has 5 nitrogen and oxygen atoms in total. The number of carboxylic acids is 1. The zero-order valence-electron chi connectivity index (χ0n) is 21.9. The van der Waals surface area contributed by atoms with E-state index in [1.165, 1.54) is 18.4 Å². The van der Waals surface area contributed by atoms with Crippen molar-refractivity contribution >= 4 is 11.8 Å². The van der Waals surface area contributed by atoms with Crippen LogP contribution in [0.3, 0.4) is 0 Å². The molecule has 1 N–H and O–H groups in total. The average molecular weight is 479 g/mol. The molecule has 0 saturated heterocycles. The highest BCUT2D eigenvalue weighted by Crippen LogP contribution is 2.70. The van der Waals surface area contributed by atoms with Crippen LogP contribution in [-0.4, -0.2) is 26.6 Å². The molecule has 190 valence electrons. The molecular formula is C30H42N2O3. The number of carbonyl (C=O) groups excluding carboxylic acids is 1. The maximum atomic E-state index is 14.1. The molecule has 1 aromatic heterocycles. The summed E-state index contributed by atoms with van der Waals surface area (Å²) in [6.45, 7) is 9.62. The molecule has 0 radical (unpaired) electrons.